The van der Waals surface area contributed by atoms with Crippen molar-refractivity contribution in [2.45, 2.75) is 5.49 Å². The zero-order valence-electron chi connectivity index (χ0n) is 10.6. The van der Waals surface area contributed by atoms with Gasteiger partial charge in [0.2, 0.25) is 0 Å². The molecule has 7 aliphatic rings. The first kappa shape index (κ1) is 11.6. The SMILES string of the molecule is C1=C2CSC34SCC5=CC=C6CSC7(SCC(=C1)S237)S564. The molecule has 5 fully saturated rings. The lowest BCUT2D eigenvalue weighted by Gasteiger charge is -2.76. The van der Waals surface area contributed by atoms with Crippen LogP contribution in [0.1, 0.15) is 0 Å². The van der Waals surface area contributed by atoms with Gasteiger partial charge in [-0.3, -0.25) is 0 Å². The summed E-state index contributed by atoms with van der Waals surface area (Å²) < 4.78 is 1.19. The molecular weight excluding hydrogens is 361 g/mol. The summed E-state index contributed by atoms with van der Waals surface area (Å²) in [6.45, 7) is 0. The maximum atomic E-state index is 2.54. The van der Waals surface area contributed by atoms with Crippen LogP contribution in [0, 0.1) is 0 Å². The third kappa shape index (κ3) is 0.688. The first-order chi connectivity index (χ1) is 9.83. The zero-order chi connectivity index (χ0) is 12.8. The van der Waals surface area contributed by atoms with Crippen LogP contribution in [0.15, 0.2) is 43.9 Å². The Bertz CT molecular complexity index is 626. The van der Waals surface area contributed by atoms with Crippen molar-refractivity contribution >= 4 is 67.1 Å². The highest BCUT2D eigenvalue weighted by Crippen LogP contribution is 3.22. The molecule has 5 saturated heterocycles. The molecule has 0 aliphatic carbocycles. The van der Waals surface area contributed by atoms with Gasteiger partial charge in [-0.15, -0.1) is 67.1 Å². The molecule has 0 unspecified atom stereocenters. The van der Waals surface area contributed by atoms with Crippen molar-refractivity contribution in [2.75, 3.05) is 23.0 Å². The minimum absolute atomic E-state index is 0.593. The summed E-state index contributed by atoms with van der Waals surface area (Å²) >= 11 is 9.48. The van der Waals surface area contributed by atoms with E-state index in [0.29, 0.717) is 5.49 Å². The molecule has 0 radical (unpaired) electrons. The highest BCUT2D eigenvalue weighted by atomic mass is 32.5. The van der Waals surface area contributed by atoms with E-state index in [1.165, 1.54) is 23.0 Å². The van der Waals surface area contributed by atoms with Crippen LogP contribution in [0.5, 0.6) is 0 Å². The van der Waals surface area contributed by atoms with Gasteiger partial charge in [0.15, 0.2) is 0 Å². The Morgan fingerprint density at radius 3 is 1.20 bits per heavy atom. The highest BCUT2D eigenvalue weighted by Gasteiger charge is 2.94. The van der Waals surface area contributed by atoms with Crippen LogP contribution in [0.4, 0.5) is 0 Å². The molecule has 6 heteroatoms. The fraction of sp³-hybridized carbons (Fsp3) is 0.429. The number of hydrogen-bond acceptors (Lipinski definition) is 4. The van der Waals surface area contributed by atoms with E-state index in [-0.39, 0.29) is 0 Å². The predicted molar refractivity (Wildman–Crippen MR) is 103 cm³/mol. The van der Waals surface area contributed by atoms with Gasteiger partial charge in [0.25, 0.3) is 0 Å². The monoisotopic (exact) mass is 372 g/mol. The van der Waals surface area contributed by atoms with E-state index in [1.54, 1.807) is 0 Å². The predicted octanol–water partition coefficient (Wildman–Crippen LogP) is 5.38. The first-order valence-corrected chi connectivity index (χ1v) is 14.0. The van der Waals surface area contributed by atoms with Gasteiger partial charge in [-0.1, -0.05) is 24.3 Å². The third-order valence-corrected chi connectivity index (χ3v) is 30.0. The molecule has 0 aromatic heterocycles. The minimum Gasteiger partial charge on any atom is -0.128 e. The third-order valence-electron chi connectivity index (χ3n) is 5.55. The van der Waals surface area contributed by atoms with Crippen molar-refractivity contribution in [1.82, 2.24) is 0 Å². The molecule has 7 aliphatic heterocycles. The van der Waals surface area contributed by atoms with Crippen molar-refractivity contribution in [1.29, 1.82) is 0 Å². The second-order valence-corrected chi connectivity index (χ2v) is 20.8. The Morgan fingerprint density at radius 1 is 0.600 bits per heavy atom. The van der Waals surface area contributed by atoms with Gasteiger partial charge in [-0.05, 0) is 19.6 Å². The molecule has 0 nitrogen and oxygen atoms in total. The average Bonchev–Trinajstić information content (AvgIpc) is 3.18. The Hall–Kier alpha value is 1.06. The summed E-state index contributed by atoms with van der Waals surface area (Å²) in [6, 6.07) is 0. The smallest absolute Gasteiger partial charge is 0.128 e. The Morgan fingerprint density at radius 2 is 0.900 bits per heavy atom. The zero-order valence-corrected chi connectivity index (χ0v) is 15.5. The van der Waals surface area contributed by atoms with Gasteiger partial charge >= 0.3 is 0 Å². The van der Waals surface area contributed by atoms with E-state index in [2.05, 4.69) is 71.4 Å². The van der Waals surface area contributed by atoms with Gasteiger partial charge < -0.3 is 0 Å². The fourth-order valence-electron chi connectivity index (χ4n) is 5.02. The normalized spacial score (nSPS) is 64.8. The summed E-state index contributed by atoms with van der Waals surface area (Å²) in [7, 11) is -1.31. The van der Waals surface area contributed by atoms with Gasteiger partial charge in [0.1, 0.15) is 5.49 Å². The van der Waals surface area contributed by atoms with Crippen molar-refractivity contribution < 1.29 is 0 Å². The molecule has 0 bridgehead atoms. The van der Waals surface area contributed by atoms with Gasteiger partial charge in [0.05, 0.1) is 0 Å². The lowest BCUT2D eigenvalue weighted by molar-refractivity contribution is 1.56. The summed E-state index contributed by atoms with van der Waals surface area (Å²) in [5.74, 6) is 5.34. The molecule has 0 aromatic carbocycles. The number of hydrogen-bond donors (Lipinski definition) is 0. The molecule has 0 atom stereocenters. The molecule has 0 amide bonds. The molecule has 7 rings (SSSR count). The molecule has 104 valence electrons. The molecule has 0 aromatic rings. The Balaban J connectivity index is 1.70. The van der Waals surface area contributed by atoms with Crippen molar-refractivity contribution in [3.05, 3.63) is 43.9 Å². The van der Waals surface area contributed by atoms with Crippen LogP contribution in [0.25, 0.3) is 0 Å². The Kier molecular flexibility index (Phi) is 1.75. The summed E-state index contributed by atoms with van der Waals surface area (Å²) in [5, 5.41) is 0. The first-order valence-electron chi connectivity index (χ1n) is 6.84. The Labute approximate surface area is 138 Å². The molecule has 20 heavy (non-hydrogen) atoms. The summed E-state index contributed by atoms with van der Waals surface area (Å²) in [6.07, 6.45) is 10.2. The molecule has 0 saturated carbocycles. The maximum absolute atomic E-state index is 2.54. The lowest BCUT2D eigenvalue weighted by Crippen LogP contribution is -2.52. The fourth-order valence-corrected chi connectivity index (χ4v) is 40.8. The summed E-state index contributed by atoms with van der Waals surface area (Å²) in [5.41, 5.74) is 0. The van der Waals surface area contributed by atoms with E-state index in [4.69, 9.17) is 0 Å². The minimum atomic E-state index is -0.656. The summed E-state index contributed by atoms with van der Waals surface area (Å²) in [4.78, 5) is 7.48. The molecular formula is C14H12S6. The highest BCUT2D eigenvalue weighted by molar-refractivity contribution is 8.93. The second-order valence-electron chi connectivity index (χ2n) is 5.91. The van der Waals surface area contributed by atoms with Crippen LogP contribution in [0.3, 0.4) is 0 Å². The maximum Gasteiger partial charge on any atom is 0.143 e. The van der Waals surface area contributed by atoms with Gasteiger partial charge in [0, 0.05) is 23.0 Å². The van der Waals surface area contributed by atoms with Crippen LogP contribution in [0.2, 0.25) is 0 Å². The van der Waals surface area contributed by atoms with Crippen LogP contribution < -0.4 is 0 Å². The van der Waals surface area contributed by atoms with Crippen molar-refractivity contribution in [3.63, 3.8) is 0 Å². The van der Waals surface area contributed by atoms with Gasteiger partial charge in [-0.2, -0.15) is 0 Å². The number of thioether (sulfide) groups is 4. The largest absolute Gasteiger partial charge is 0.143 e. The van der Waals surface area contributed by atoms with Gasteiger partial charge in [-0.25, -0.2) is 0 Å². The van der Waals surface area contributed by atoms with Crippen LogP contribution in [-0.4, -0.2) is 28.5 Å². The average molecular weight is 373 g/mol. The van der Waals surface area contributed by atoms with Crippen LogP contribution in [-0.2, 0) is 0 Å². The number of allylic oxidation sites excluding steroid dienone is 4. The van der Waals surface area contributed by atoms with Crippen molar-refractivity contribution in [2.24, 2.45) is 0 Å². The van der Waals surface area contributed by atoms with E-state index in [1.807, 2.05) is 19.6 Å². The molecule has 0 N–H and O–H groups in total. The lowest BCUT2D eigenvalue weighted by atomic mass is 10.5. The van der Waals surface area contributed by atoms with E-state index >= 15 is 0 Å². The number of rotatable bonds is 0. The van der Waals surface area contributed by atoms with E-state index in [9.17, 15) is 0 Å². The van der Waals surface area contributed by atoms with E-state index < -0.39 is 20.1 Å². The molecule has 7 heterocycles. The topological polar surface area (TPSA) is 0 Å². The second kappa shape index (κ2) is 3.03. The van der Waals surface area contributed by atoms with E-state index in [0.717, 1.165) is 0 Å². The quantitative estimate of drug-likeness (QED) is 0.559. The van der Waals surface area contributed by atoms with Crippen LogP contribution >= 0.6 is 67.1 Å². The van der Waals surface area contributed by atoms with Crippen molar-refractivity contribution in [3.8, 4) is 0 Å². The standard InChI is InChI=1S/C14H12S6/c1-2-10-6-16-14-18-8-12-4-3-11-7-17-13(20(11,12)14)15-5-9(1)19(10,13)14/h1-4H,5-8H2. The molecule has 4 spiro atoms.